The Bertz CT molecular complexity index is 565. The van der Waals surface area contributed by atoms with Crippen LogP contribution in [0.1, 0.15) is 5.69 Å². The van der Waals surface area contributed by atoms with Gasteiger partial charge in [0, 0.05) is 12.4 Å². The van der Waals surface area contributed by atoms with Crippen molar-refractivity contribution in [1.29, 1.82) is 0 Å². The highest BCUT2D eigenvalue weighted by Gasteiger charge is 2.20. The van der Waals surface area contributed by atoms with Crippen LogP contribution in [0.15, 0.2) is 46.1 Å². The van der Waals surface area contributed by atoms with Gasteiger partial charge in [0.15, 0.2) is 0 Å². The van der Waals surface area contributed by atoms with E-state index in [1.165, 1.54) is 15.6 Å². The largest absolute Gasteiger partial charge is 0.248 e. The van der Waals surface area contributed by atoms with Crippen LogP contribution < -0.4 is 0 Å². The van der Waals surface area contributed by atoms with Gasteiger partial charge in [-0.3, -0.25) is 0 Å². The normalized spacial score (nSPS) is 11.9. The van der Waals surface area contributed by atoms with Gasteiger partial charge in [0.05, 0.1) is 22.6 Å². The molecule has 0 amide bonds. The van der Waals surface area contributed by atoms with E-state index in [0.717, 1.165) is 5.69 Å². The molecular weight excluding hydrogens is 256 g/mol. The molecule has 0 saturated heterocycles. The fraction of sp³-hybridized carbons (Fsp3) is 0.182. The molecule has 0 fully saturated rings. The second-order valence-corrected chi connectivity index (χ2v) is 6.32. The molecule has 1 aromatic heterocycles. The lowest BCUT2D eigenvalue weighted by Gasteiger charge is -2.15. The second kappa shape index (κ2) is 4.95. The SMILES string of the molecule is CN(Cc1cscn1)S(=O)(=O)c1ccccc1. The van der Waals surface area contributed by atoms with Gasteiger partial charge in [-0.15, -0.1) is 11.3 Å². The molecular formula is C11H12N2O2S2. The van der Waals surface area contributed by atoms with Crippen LogP contribution in [-0.4, -0.2) is 24.8 Å². The minimum atomic E-state index is -3.42. The van der Waals surface area contributed by atoms with Crippen molar-refractivity contribution in [3.05, 3.63) is 46.9 Å². The number of aromatic nitrogens is 1. The van der Waals surface area contributed by atoms with E-state index in [2.05, 4.69) is 4.98 Å². The van der Waals surface area contributed by atoms with Gasteiger partial charge in [-0.1, -0.05) is 18.2 Å². The van der Waals surface area contributed by atoms with Crippen molar-refractivity contribution in [2.45, 2.75) is 11.4 Å². The maximum absolute atomic E-state index is 12.2. The minimum absolute atomic E-state index is 0.292. The Labute approximate surface area is 105 Å². The first kappa shape index (κ1) is 12.2. The number of sulfonamides is 1. The summed E-state index contributed by atoms with van der Waals surface area (Å²) >= 11 is 1.46. The molecule has 0 unspecified atom stereocenters. The van der Waals surface area contributed by atoms with Crippen molar-refractivity contribution in [1.82, 2.24) is 9.29 Å². The maximum atomic E-state index is 12.2. The molecule has 4 nitrogen and oxygen atoms in total. The standard InChI is InChI=1S/C11H12N2O2S2/c1-13(7-10-8-16-9-12-10)17(14,15)11-5-3-2-4-6-11/h2-6,8-9H,7H2,1H3. The Kier molecular flexibility index (Phi) is 3.56. The highest BCUT2D eigenvalue weighted by Crippen LogP contribution is 2.16. The molecule has 17 heavy (non-hydrogen) atoms. The fourth-order valence-corrected chi connectivity index (χ4v) is 3.11. The summed E-state index contributed by atoms with van der Waals surface area (Å²) in [4.78, 5) is 4.38. The average Bonchev–Trinajstić information content (AvgIpc) is 2.83. The van der Waals surface area contributed by atoms with Crippen LogP contribution in [0.2, 0.25) is 0 Å². The van der Waals surface area contributed by atoms with Crippen LogP contribution in [0.25, 0.3) is 0 Å². The summed E-state index contributed by atoms with van der Waals surface area (Å²) in [5.74, 6) is 0. The first-order valence-electron chi connectivity index (χ1n) is 4.99. The summed E-state index contributed by atoms with van der Waals surface area (Å²) in [6, 6.07) is 8.40. The highest BCUT2D eigenvalue weighted by molar-refractivity contribution is 7.89. The summed E-state index contributed by atoms with van der Waals surface area (Å²) in [6.07, 6.45) is 0. The molecule has 1 heterocycles. The number of nitrogens with zero attached hydrogens (tertiary/aromatic N) is 2. The van der Waals surface area contributed by atoms with Crippen molar-refractivity contribution >= 4 is 21.4 Å². The Balaban J connectivity index is 2.22. The van der Waals surface area contributed by atoms with Crippen molar-refractivity contribution in [3.63, 3.8) is 0 Å². The Morgan fingerprint density at radius 1 is 1.29 bits per heavy atom. The highest BCUT2D eigenvalue weighted by atomic mass is 32.2. The molecule has 0 aliphatic heterocycles. The van der Waals surface area contributed by atoms with E-state index in [-0.39, 0.29) is 0 Å². The molecule has 2 aromatic rings. The molecule has 2 rings (SSSR count). The number of hydrogen-bond acceptors (Lipinski definition) is 4. The lowest BCUT2D eigenvalue weighted by molar-refractivity contribution is 0.463. The van der Waals surface area contributed by atoms with Crippen molar-refractivity contribution in [2.24, 2.45) is 0 Å². The van der Waals surface area contributed by atoms with Gasteiger partial charge in [0.1, 0.15) is 0 Å². The van der Waals surface area contributed by atoms with Crippen LogP contribution >= 0.6 is 11.3 Å². The van der Waals surface area contributed by atoms with Crippen LogP contribution in [-0.2, 0) is 16.6 Å². The molecule has 0 spiro atoms. The second-order valence-electron chi connectivity index (χ2n) is 3.55. The van der Waals surface area contributed by atoms with Gasteiger partial charge in [-0.2, -0.15) is 4.31 Å². The summed E-state index contributed by atoms with van der Waals surface area (Å²) in [6.45, 7) is 0.292. The molecule has 0 aliphatic rings. The summed E-state index contributed by atoms with van der Waals surface area (Å²) in [5.41, 5.74) is 2.45. The van der Waals surface area contributed by atoms with Gasteiger partial charge in [0.25, 0.3) is 0 Å². The number of thiazole rings is 1. The maximum Gasteiger partial charge on any atom is 0.243 e. The third kappa shape index (κ3) is 2.71. The zero-order valence-corrected chi connectivity index (χ0v) is 10.9. The molecule has 0 saturated carbocycles. The first-order valence-corrected chi connectivity index (χ1v) is 7.37. The first-order chi connectivity index (χ1) is 8.10. The quantitative estimate of drug-likeness (QED) is 0.851. The van der Waals surface area contributed by atoms with E-state index in [1.54, 1.807) is 42.9 Å². The van der Waals surface area contributed by atoms with E-state index in [9.17, 15) is 8.42 Å². The Hall–Kier alpha value is -1.24. The van der Waals surface area contributed by atoms with Crippen LogP contribution in [0.3, 0.4) is 0 Å². The lowest BCUT2D eigenvalue weighted by Crippen LogP contribution is -2.26. The van der Waals surface area contributed by atoms with Gasteiger partial charge in [-0.25, -0.2) is 13.4 Å². The molecule has 0 atom stereocenters. The molecule has 6 heteroatoms. The molecule has 0 N–H and O–H groups in total. The molecule has 0 aliphatic carbocycles. The average molecular weight is 268 g/mol. The smallest absolute Gasteiger partial charge is 0.243 e. The van der Waals surface area contributed by atoms with Crippen LogP contribution in [0, 0.1) is 0 Å². The zero-order valence-electron chi connectivity index (χ0n) is 9.28. The number of rotatable bonds is 4. The predicted molar refractivity (Wildman–Crippen MR) is 67.2 cm³/mol. The van der Waals surface area contributed by atoms with E-state index >= 15 is 0 Å². The van der Waals surface area contributed by atoms with E-state index in [0.29, 0.717) is 11.4 Å². The van der Waals surface area contributed by atoms with E-state index in [4.69, 9.17) is 0 Å². The summed E-state index contributed by atoms with van der Waals surface area (Å²) in [5, 5.41) is 1.84. The summed E-state index contributed by atoms with van der Waals surface area (Å²) in [7, 11) is -1.86. The molecule has 0 radical (unpaired) electrons. The van der Waals surface area contributed by atoms with Crippen molar-refractivity contribution < 1.29 is 8.42 Å². The Morgan fingerprint density at radius 3 is 2.59 bits per heavy atom. The van der Waals surface area contributed by atoms with E-state index in [1.807, 2.05) is 5.38 Å². The predicted octanol–water partition coefficient (Wildman–Crippen LogP) is 1.96. The van der Waals surface area contributed by atoms with E-state index < -0.39 is 10.0 Å². The van der Waals surface area contributed by atoms with Crippen LogP contribution in [0.4, 0.5) is 0 Å². The minimum Gasteiger partial charge on any atom is -0.248 e. The van der Waals surface area contributed by atoms with Gasteiger partial charge < -0.3 is 0 Å². The number of hydrogen-bond donors (Lipinski definition) is 0. The topological polar surface area (TPSA) is 50.3 Å². The molecule has 90 valence electrons. The van der Waals surface area contributed by atoms with Gasteiger partial charge in [0.2, 0.25) is 10.0 Å². The third-order valence-electron chi connectivity index (χ3n) is 2.32. The zero-order chi connectivity index (χ0) is 12.3. The molecule has 1 aromatic carbocycles. The van der Waals surface area contributed by atoms with Crippen molar-refractivity contribution in [2.75, 3.05) is 7.05 Å². The monoisotopic (exact) mass is 268 g/mol. The Morgan fingerprint density at radius 2 is 2.00 bits per heavy atom. The summed E-state index contributed by atoms with van der Waals surface area (Å²) < 4.78 is 25.6. The van der Waals surface area contributed by atoms with Gasteiger partial charge >= 0.3 is 0 Å². The van der Waals surface area contributed by atoms with Gasteiger partial charge in [-0.05, 0) is 12.1 Å². The fourth-order valence-electron chi connectivity index (χ4n) is 1.40. The van der Waals surface area contributed by atoms with Crippen molar-refractivity contribution in [3.8, 4) is 0 Å². The third-order valence-corrected chi connectivity index (χ3v) is 4.77. The lowest BCUT2D eigenvalue weighted by atomic mass is 10.4. The van der Waals surface area contributed by atoms with Crippen LogP contribution in [0.5, 0.6) is 0 Å². The number of benzene rings is 1. The molecule has 0 bridgehead atoms.